The zero-order chi connectivity index (χ0) is 38.0. The highest BCUT2D eigenvalue weighted by Crippen LogP contribution is 2.28. The van der Waals surface area contributed by atoms with Crippen LogP contribution in [0.2, 0.25) is 0 Å². The monoisotopic (exact) mass is 746 g/mol. The standard InChI is InChI=1S/C39H58N2O12/c1-34(42)14-17-46-19-21-48-23-25-50-27-29-52-31-32-53-30-28-51-26-24-49-22-20-47-18-15-40-37(43)13-16-41-38(44)33-36(39(41)45)35-11-9-7-5-3-2-4-6-8-10-12-35/h2-12,36H,13-33H2,1H3,(H,40,43)/b3-2-,4-2?,5-3?,6-4-,7-5-,8-6?,9-7?,10-8-,11-9?,12-10?,35-11?,35-12?. The summed E-state index contributed by atoms with van der Waals surface area (Å²) in [5.74, 6) is -1.29. The van der Waals surface area contributed by atoms with Crippen LogP contribution < -0.4 is 5.32 Å². The van der Waals surface area contributed by atoms with Crippen LogP contribution in [0, 0.1) is 5.92 Å². The summed E-state index contributed by atoms with van der Waals surface area (Å²) in [5.41, 5.74) is 0.742. The lowest BCUT2D eigenvalue weighted by atomic mass is 9.96. The quantitative estimate of drug-likeness (QED) is 0.0819. The molecule has 0 aromatic carbocycles. The molecule has 2 aliphatic rings. The van der Waals surface area contributed by atoms with Crippen molar-refractivity contribution in [3.05, 3.63) is 72.4 Å². The van der Waals surface area contributed by atoms with Gasteiger partial charge in [0.25, 0.3) is 0 Å². The number of likely N-dealkylation sites (tertiary alicyclic amines) is 1. The Morgan fingerprint density at radius 1 is 0.585 bits per heavy atom. The number of ketones is 1. The molecule has 296 valence electrons. The van der Waals surface area contributed by atoms with Gasteiger partial charge in [-0.15, -0.1) is 0 Å². The van der Waals surface area contributed by atoms with Crippen molar-refractivity contribution in [3.8, 4) is 0 Å². The van der Waals surface area contributed by atoms with E-state index < -0.39 is 5.92 Å². The minimum atomic E-state index is -0.575. The molecule has 2 rings (SSSR count). The third-order valence-electron chi connectivity index (χ3n) is 7.45. The molecule has 0 spiro atoms. The summed E-state index contributed by atoms with van der Waals surface area (Å²) in [4.78, 5) is 50.0. The highest BCUT2D eigenvalue weighted by atomic mass is 16.6. The first-order valence-corrected chi connectivity index (χ1v) is 18.3. The van der Waals surface area contributed by atoms with E-state index in [1.54, 1.807) is 6.92 Å². The molecule has 1 unspecified atom stereocenters. The highest BCUT2D eigenvalue weighted by Gasteiger charge is 2.39. The number of imide groups is 1. The Kier molecular flexibility index (Phi) is 27.4. The normalized spacial score (nSPS) is 18.3. The first-order valence-electron chi connectivity index (χ1n) is 18.3. The number of carbonyl (C=O) groups excluding carboxylic acids is 4. The third kappa shape index (κ3) is 24.4. The molecule has 0 radical (unpaired) electrons. The molecule has 1 aliphatic carbocycles. The van der Waals surface area contributed by atoms with E-state index in [9.17, 15) is 19.2 Å². The van der Waals surface area contributed by atoms with Gasteiger partial charge in [0, 0.05) is 32.4 Å². The molecule has 0 saturated carbocycles. The average molecular weight is 747 g/mol. The second-order valence-corrected chi connectivity index (χ2v) is 11.7. The Hall–Kier alpha value is -3.60. The Morgan fingerprint density at radius 2 is 1.00 bits per heavy atom. The molecule has 1 aliphatic heterocycles. The number of Topliss-reactive ketones (excluding diaryl/α,β-unsaturated/α-hetero) is 1. The van der Waals surface area contributed by atoms with Gasteiger partial charge in [-0.05, 0) is 12.5 Å². The molecule has 1 saturated heterocycles. The first-order chi connectivity index (χ1) is 26.0. The van der Waals surface area contributed by atoms with Crippen molar-refractivity contribution < 1.29 is 57.1 Å². The van der Waals surface area contributed by atoms with Crippen LogP contribution in [-0.4, -0.2) is 147 Å². The van der Waals surface area contributed by atoms with Gasteiger partial charge < -0.3 is 43.2 Å². The van der Waals surface area contributed by atoms with Crippen molar-refractivity contribution >= 4 is 23.5 Å². The summed E-state index contributed by atoms with van der Waals surface area (Å²) in [6, 6.07) is 0. The van der Waals surface area contributed by atoms with Crippen LogP contribution in [-0.2, 0) is 57.1 Å². The molecule has 14 heteroatoms. The second kappa shape index (κ2) is 31.9. The lowest BCUT2D eigenvalue weighted by molar-refractivity contribution is -0.139. The molecule has 0 bridgehead atoms. The maximum Gasteiger partial charge on any atom is 0.237 e. The fraction of sp³-hybridized carbons (Fsp3) is 0.590. The maximum absolute atomic E-state index is 13.1. The van der Waals surface area contributed by atoms with E-state index in [4.69, 9.17) is 37.9 Å². The van der Waals surface area contributed by atoms with Crippen LogP contribution >= 0.6 is 0 Å². The van der Waals surface area contributed by atoms with Crippen LogP contribution in [0.25, 0.3) is 0 Å². The van der Waals surface area contributed by atoms with Crippen molar-refractivity contribution in [1.29, 1.82) is 0 Å². The van der Waals surface area contributed by atoms with Crippen LogP contribution in [0.15, 0.2) is 72.4 Å². The Bertz CT molecular complexity index is 1230. The largest absolute Gasteiger partial charge is 0.379 e. The fourth-order valence-corrected chi connectivity index (χ4v) is 4.67. The van der Waals surface area contributed by atoms with E-state index in [0.29, 0.717) is 119 Å². The summed E-state index contributed by atoms with van der Waals surface area (Å²) in [6.07, 6.45) is 21.1. The topological polar surface area (TPSA) is 157 Å². The average Bonchev–Trinajstić information content (AvgIpc) is 3.42. The van der Waals surface area contributed by atoms with Gasteiger partial charge in [0.15, 0.2) is 0 Å². The smallest absolute Gasteiger partial charge is 0.237 e. The number of nitrogens with zero attached hydrogens (tertiary/aromatic N) is 1. The predicted molar refractivity (Wildman–Crippen MR) is 198 cm³/mol. The number of carbonyl (C=O) groups is 4. The summed E-state index contributed by atoms with van der Waals surface area (Å²) < 4.78 is 43.4. The van der Waals surface area contributed by atoms with Crippen LogP contribution in [0.4, 0.5) is 0 Å². The van der Waals surface area contributed by atoms with E-state index >= 15 is 0 Å². The molecule has 1 N–H and O–H groups in total. The SMILES string of the molecule is CC(=O)CCOCCOCCOCCOCCOCCOCCOCCOCCNC(=O)CCN1C(=O)CC(C2=C\C=C/C=C\C=C/C=C\C=C2)C1=O. The van der Waals surface area contributed by atoms with Gasteiger partial charge >= 0.3 is 0 Å². The number of hydrogen-bond acceptors (Lipinski definition) is 12. The molecular weight excluding hydrogens is 688 g/mol. The highest BCUT2D eigenvalue weighted by molar-refractivity contribution is 6.05. The summed E-state index contributed by atoms with van der Waals surface area (Å²) >= 11 is 0. The number of ether oxygens (including phenoxy) is 8. The fourth-order valence-electron chi connectivity index (χ4n) is 4.67. The summed E-state index contributed by atoms with van der Waals surface area (Å²) in [5, 5.41) is 2.75. The molecule has 1 atom stereocenters. The molecule has 0 aromatic heterocycles. The van der Waals surface area contributed by atoms with Crippen LogP contribution in [0.5, 0.6) is 0 Å². The number of amides is 3. The molecule has 0 aromatic rings. The molecule has 1 fully saturated rings. The van der Waals surface area contributed by atoms with Crippen LogP contribution in [0.1, 0.15) is 26.2 Å². The van der Waals surface area contributed by atoms with Gasteiger partial charge in [-0.1, -0.05) is 66.8 Å². The van der Waals surface area contributed by atoms with Crippen molar-refractivity contribution in [2.45, 2.75) is 26.2 Å². The lowest BCUT2D eigenvalue weighted by Gasteiger charge is -2.15. The Balaban J connectivity index is 1.34. The summed E-state index contributed by atoms with van der Waals surface area (Å²) in [7, 11) is 0. The van der Waals surface area contributed by atoms with Crippen molar-refractivity contribution in [3.63, 3.8) is 0 Å². The number of hydrogen-bond donors (Lipinski definition) is 1. The Labute approximate surface area is 313 Å². The van der Waals surface area contributed by atoms with Crippen molar-refractivity contribution in [2.75, 3.05) is 119 Å². The molecule has 3 amide bonds. The lowest BCUT2D eigenvalue weighted by Crippen LogP contribution is -2.36. The number of rotatable bonds is 31. The van der Waals surface area contributed by atoms with E-state index in [-0.39, 0.29) is 42.9 Å². The van der Waals surface area contributed by atoms with E-state index in [1.165, 1.54) is 4.90 Å². The minimum absolute atomic E-state index is 0.0253. The van der Waals surface area contributed by atoms with Crippen molar-refractivity contribution in [1.82, 2.24) is 10.2 Å². The van der Waals surface area contributed by atoms with Gasteiger partial charge in [-0.3, -0.25) is 24.1 Å². The first kappa shape index (κ1) is 45.6. The molecule has 1 heterocycles. The van der Waals surface area contributed by atoms with E-state index in [1.807, 2.05) is 66.8 Å². The van der Waals surface area contributed by atoms with E-state index in [0.717, 1.165) is 5.57 Å². The van der Waals surface area contributed by atoms with Gasteiger partial charge in [0.1, 0.15) is 5.78 Å². The van der Waals surface area contributed by atoms with Crippen LogP contribution in [0.3, 0.4) is 0 Å². The minimum Gasteiger partial charge on any atom is -0.379 e. The zero-order valence-corrected chi connectivity index (χ0v) is 31.1. The maximum atomic E-state index is 13.1. The summed E-state index contributed by atoms with van der Waals surface area (Å²) in [6.45, 7) is 8.93. The van der Waals surface area contributed by atoms with Gasteiger partial charge in [-0.2, -0.15) is 0 Å². The molecular formula is C39H58N2O12. The van der Waals surface area contributed by atoms with Crippen molar-refractivity contribution in [2.24, 2.45) is 5.92 Å². The van der Waals surface area contributed by atoms with Gasteiger partial charge in [0.05, 0.1) is 112 Å². The number of allylic oxidation sites excluding steroid dienone is 11. The molecule has 14 nitrogen and oxygen atoms in total. The molecule has 53 heavy (non-hydrogen) atoms. The zero-order valence-electron chi connectivity index (χ0n) is 31.1. The van der Waals surface area contributed by atoms with Gasteiger partial charge in [0.2, 0.25) is 17.7 Å². The van der Waals surface area contributed by atoms with Gasteiger partial charge in [-0.25, -0.2) is 0 Å². The predicted octanol–water partition coefficient (Wildman–Crippen LogP) is 2.70. The second-order valence-electron chi connectivity index (χ2n) is 11.7. The Morgan fingerprint density at radius 3 is 1.47 bits per heavy atom. The third-order valence-corrected chi connectivity index (χ3v) is 7.45. The van der Waals surface area contributed by atoms with E-state index in [2.05, 4.69) is 5.32 Å². The number of nitrogens with one attached hydrogen (secondary N) is 1.